The van der Waals surface area contributed by atoms with Crippen LogP contribution in [0.15, 0.2) is 42.6 Å². The topological polar surface area (TPSA) is 68.7 Å². The molecule has 0 bridgehead atoms. The summed E-state index contributed by atoms with van der Waals surface area (Å²) in [6.45, 7) is 3.25. The highest BCUT2D eigenvalue weighted by molar-refractivity contribution is 5.85. The minimum absolute atomic E-state index is 0.000862. The van der Waals surface area contributed by atoms with Crippen LogP contribution in [0.2, 0.25) is 0 Å². The summed E-state index contributed by atoms with van der Waals surface area (Å²) in [5, 5.41) is 8.77. The summed E-state index contributed by atoms with van der Waals surface area (Å²) in [7, 11) is 0. The van der Waals surface area contributed by atoms with Gasteiger partial charge in [-0.3, -0.25) is 0 Å². The van der Waals surface area contributed by atoms with Crippen LogP contribution in [0.3, 0.4) is 0 Å². The van der Waals surface area contributed by atoms with Gasteiger partial charge in [0.05, 0.1) is 12.8 Å². The third-order valence-corrected chi connectivity index (χ3v) is 3.05. The number of aromatic carboxylic acids is 1. The van der Waals surface area contributed by atoms with Crippen molar-refractivity contribution in [1.29, 1.82) is 0 Å². The normalized spacial score (nSPS) is 10.2. The fraction of sp³-hybridized carbons (Fsp3) is 0.294. The van der Waals surface area contributed by atoms with Gasteiger partial charge in [-0.15, -0.1) is 0 Å². The van der Waals surface area contributed by atoms with E-state index in [9.17, 15) is 4.79 Å². The Morgan fingerprint density at radius 1 is 1.09 bits per heavy atom. The molecule has 0 aliphatic carbocycles. The Morgan fingerprint density at radius 3 is 2.41 bits per heavy atom. The molecule has 2 aromatic rings. The highest BCUT2D eigenvalue weighted by Crippen LogP contribution is 2.15. The molecule has 22 heavy (non-hydrogen) atoms. The zero-order chi connectivity index (χ0) is 15.8. The maximum atomic E-state index is 10.7. The van der Waals surface area contributed by atoms with E-state index >= 15 is 0 Å². The highest BCUT2D eigenvalue weighted by Gasteiger charge is 2.04. The van der Waals surface area contributed by atoms with Crippen molar-refractivity contribution in [2.75, 3.05) is 6.61 Å². The van der Waals surface area contributed by atoms with Gasteiger partial charge in [0, 0.05) is 0 Å². The quantitative estimate of drug-likeness (QED) is 0.755. The molecule has 0 atom stereocenters. The summed E-state index contributed by atoms with van der Waals surface area (Å²) < 4.78 is 11.2. The summed E-state index contributed by atoms with van der Waals surface area (Å²) in [6.07, 6.45) is 3.57. The molecule has 0 spiro atoms. The Hall–Kier alpha value is -2.56. The molecule has 0 unspecified atom stereocenters. The van der Waals surface area contributed by atoms with Gasteiger partial charge in [0.25, 0.3) is 0 Å². The number of hydrogen-bond donors (Lipinski definition) is 1. The number of unbranched alkanes of at least 4 members (excludes halogenated alkanes) is 1. The van der Waals surface area contributed by atoms with Gasteiger partial charge >= 0.3 is 5.97 Å². The van der Waals surface area contributed by atoms with Gasteiger partial charge in [0.1, 0.15) is 23.8 Å². The summed E-state index contributed by atoms with van der Waals surface area (Å²) >= 11 is 0. The Morgan fingerprint density at radius 2 is 1.82 bits per heavy atom. The molecule has 0 radical (unpaired) electrons. The Balaban J connectivity index is 1.84. The molecule has 116 valence electrons. The van der Waals surface area contributed by atoms with Gasteiger partial charge < -0.3 is 14.6 Å². The fourth-order valence-electron chi connectivity index (χ4n) is 1.78. The Labute approximate surface area is 129 Å². The number of carboxylic acids is 1. The lowest BCUT2D eigenvalue weighted by atomic mass is 10.2. The van der Waals surface area contributed by atoms with E-state index in [1.54, 1.807) is 6.07 Å². The van der Waals surface area contributed by atoms with Crippen LogP contribution >= 0.6 is 0 Å². The number of nitrogens with zero attached hydrogens (tertiary/aromatic N) is 1. The third kappa shape index (κ3) is 4.77. The molecule has 0 amide bonds. The summed E-state index contributed by atoms with van der Waals surface area (Å²) in [6, 6.07) is 10.7. The molecule has 0 saturated heterocycles. The van der Waals surface area contributed by atoms with E-state index in [4.69, 9.17) is 14.6 Å². The molecule has 1 aromatic heterocycles. The summed E-state index contributed by atoms with van der Waals surface area (Å²) in [5.74, 6) is 0.336. The van der Waals surface area contributed by atoms with Crippen molar-refractivity contribution in [3.05, 3.63) is 53.9 Å². The highest BCUT2D eigenvalue weighted by atomic mass is 16.5. The zero-order valence-electron chi connectivity index (χ0n) is 12.5. The van der Waals surface area contributed by atoms with Crippen molar-refractivity contribution in [3.8, 4) is 11.5 Å². The van der Waals surface area contributed by atoms with Crippen LogP contribution < -0.4 is 9.47 Å². The number of rotatable bonds is 8. The average molecular weight is 301 g/mol. The minimum atomic E-state index is -1.05. The number of carbonyl (C=O) groups is 1. The van der Waals surface area contributed by atoms with Gasteiger partial charge in [-0.2, -0.15) is 0 Å². The van der Waals surface area contributed by atoms with Gasteiger partial charge in [0.2, 0.25) is 0 Å². The van der Waals surface area contributed by atoms with Crippen LogP contribution in [0.4, 0.5) is 0 Å². The molecule has 0 aliphatic heterocycles. The molecule has 1 N–H and O–H groups in total. The molecule has 5 nitrogen and oxygen atoms in total. The van der Waals surface area contributed by atoms with Crippen molar-refractivity contribution in [2.45, 2.75) is 26.4 Å². The molecular weight excluding hydrogens is 282 g/mol. The maximum Gasteiger partial charge on any atom is 0.354 e. The van der Waals surface area contributed by atoms with Crippen molar-refractivity contribution >= 4 is 5.97 Å². The van der Waals surface area contributed by atoms with Crippen molar-refractivity contribution in [2.24, 2.45) is 0 Å². The van der Waals surface area contributed by atoms with Crippen LogP contribution in [-0.2, 0) is 6.61 Å². The molecule has 1 heterocycles. The summed E-state index contributed by atoms with van der Waals surface area (Å²) in [4.78, 5) is 14.5. The van der Waals surface area contributed by atoms with Crippen molar-refractivity contribution in [3.63, 3.8) is 0 Å². The van der Waals surface area contributed by atoms with Gasteiger partial charge in [-0.25, -0.2) is 9.78 Å². The molecule has 0 saturated carbocycles. The second kappa shape index (κ2) is 8.02. The zero-order valence-corrected chi connectivity index (χ0v) is 12.5. The first-order chi connectivity index (χ1) is 10.7. The SMILES string of the molecule is CCCCOc1ccc(COc2ccc(C(=O)O)nc2)cc1. The number of pyridine rings is 1. The smallest absolute Gasteiger partial charge is 0.354 e. The van der Waals surface area contributed by atoms with E-state index in [1.165, 1.54) is 12.3 Å². The lowest BCUT2D eigenvalue weighted by Crippen LogP contribution is -2.01. The second-order valence-corrected chi connectivity index (χ2v) is 4.82. The fourth-order valence-corrected chi connectivity index (χ4v) is 1.78. The second-order valence-electron chi connectivity index (χ2n) is 4.82. The predicted octanol–water partition coefficient (Wildman–Crippen LogP) is 3.54. The standard InChI is InChI=1S/C17H19NO4/c1-2-3-10-21-14-6-4-13(5-7-14)12-22-15-8-9-16(17(19)20)18-11-15/h4-9,11H,2-3,10,12H2,1H3,(H,19,20). The van der Waals surface area contributed by atoms with Gasteiger partial charge in [-0.05, 0) is 36.2 Å². The van der Waals surface area contributed by atoms with Crippen molar-refractivity contribution < 1.29 is 19.4 Å². The molecule has 0 fully saturated rings. The number of benzene rings is 1. The molecule has 0 aliphatic rings. The van der Waals surface area contributed by atoms with E-state index in [0.29, 0.717) is 12.4 Å². The van der Waals surface area contributed by atoms with E-state index in [1.807, 2.05) is 24.3 Å². The van der Waals surface area contributed by atoms with Gasteiger partial charge in [0.15, 0.2) is 0 Å². The van der Waals surface area contributed by atoms with Crippen LogP contribution in [0, 0.1) is 0 Å². The molecular formula is C17H19NO4. The van der Waals surface area contributed by atoms with E-state index in [2.05, 4.69) is 11.9 Å². The van der Waals surface area contributed by atoms with Crippen LogP contribution in [0.5, 0.6) is 11.5 Å². The monoisotopic (exact) mass is 301 g/mol. The van der Waals surface area contributed by atoms with Crippen LogP contribution in [0.25, 0.3) is 0 Å². The van der Waals surface area contributed by atoms with Crippen LogP contribution in [-0.4, -0.2) is 22.7 Å². The van der Waals surface area contributed by atoms with E-state index < -0.39 is 5.97 Å². The largest absolute Gasteiger partial charge is 0.494 e. The predicted molar refractivity (Wildman–Crippen MR) is 82.4 cm³/mol. The summed E-state index contributed by atoms with van der Waals surface area (Å²) in [5.41, 5.74) is 1.01. The van der Waals surface area contributed by atoms with Crippen molar-refractivity contribution in [1.82, 2.24) is 4.98 Å². The van der Waals surface area contributed by atoms with E-state index in [0.717, 1.165) is 30.8 Å². The molecule has 2 rings (SSSR count). The lowest BCUT2D eigenvalue weighted by molar-refractivity contribution is 0.0690. The number of hydrogen-bond acceptors (Lipinski definition) is 4. The van der Waals surface area contributed by atoms with Gasteiger partial charge in [-0.1, -0.05) is 25.5 Å². The maximum absolute atomic E-state index is 10.7. The molecule has 5 heteroatoms. The van der Waals surface area contributed by atoms with E-state index in [-0.39, 0.29) is 5.69 Å². The minimum Gasteiger partial charge on any atom is -0.494 e. The average Bonchev–Trinajstić information content (AvgIpc) is 2.55. The first-order valence-electron chi connectivity index (χ1n) is 7.23. The number of ether oxygens (including phenoxy) is 2. The first kappa shape index (κ1) is 15.8. The number of aromatic nitrogens is 1. The lowest BCUT2D eigenvalue weighted by Gasteiger charge is -2.08. The number of carboxylic acid groups (broad SMARTS) is 1. The third-order valence-electron chi connectivity index (χ3n) is 3.05. The Kier molecular flexibility index (Phi) is 5.77. The Bertz CT molecular complexity index is 593. The van der Waals surface area contributed by atoms with Crippen LogP contribution in [0.1, 0.15) is 35.8 Å². The molecule has 1 aromatic carbocycles. The first-order valence-corrected chi connectivity index (χ1v) is 7.23.